The predicted molar refractivity (Wildman–Crippen MR) is 71.4 cm³/mol. The maximum Gasteiger partial charge on any atom is 0.329 e. The Bertz CT molecular complexity index is 498. The molecule has 1 saturated heterocycles. The molecule has 1 aromatic heterocycles. The number of anilines is 1. The number of rotatable bonds is 2. The molecule has 2 amide bonds. The van der Waals surface area contributed by atoms with Gasteiger partial charge in [0.1, 0.15) is 0 Å². The molecule has 110 valence electrons. The number of aryl methyl sites for hydroxylation is 1. The minimum Gasteiger partial charge on any atom is -0.368 e. The van der Waals surface area contributed by atoms with Crippen molar-refractivity contribution in [1.29, 1.82) is 0 Å². The van der Waals surface area contributed by atoms with E-state index in [1.807, 2.05) is 13.8 Å². The third-order valence-electron chi connectivity index (χ3n) is 3.96. The van der Waals surface area contributed by atoms with E-state index in [4.69, 9.17) is 9.26 Å². The normalized spacial score (nSPS) is 24.5. The van der Waals surface area contributed by atoms with Gasteiger partial charge >= 0.3 is 12.0 Å². The van der Waals surface area contributed by atoms with Gasteiger partial charge in [-0.2, -0.15) is 4.98 Å². The number of carbonyl (C=O) groups excluding carboxylic acids is 1. The first-order valence-electron chi connectivity index (χ1n) is 7.16. The Labute approximate surface area is 117 Å². The Morgan fingerprint density at radius 2 is 2.35 bits per heavy atom. The molecule has 20 heavy (non-hydrogen) atoms. The number of nitrogens with zero attached hydrogens (tertiary/aromatic N) is 3. The van der Waals surface area contributed by atoms with E-state index >= 15 is 0 Å². The summed E-state index contributed by atoms with van der Waals surface area (Å²) in [7, 11) is 0. The number of hydrogen-bond acceptors (Lipinski definition) is 5. The summed E-state index contributed by atoms with van der Waals surface area (Å²) in [6, 6.07) is -0.0358. The fourth-order valence-electron chi connectivity index (χ4n) is 2.84. The van der Waals surface area contributed by atoms with Crippen molar-refractivity contribution in [1.82, 2.24) is 15.0 Å². The van der Waals surface area contributed by atoms with Crippen molar-refractivity contribution >= 4 is 12.0 Å². The summed E-state index contributed by atoms with van der Waals surface area (Å²) < 4.78 is 11.0. The minimum atomic E-state index is -0.197. The molecule has 1 aliphatic carbocycles. The highest BCUT2D eigenvalue weighted by molar-refractivity contribution is 5.87. The summed E-state index contributed by atoms with van der Waals surface area (Å²) >= 11 is 0. The third kappa shape index (κ3) is 2.49. The summed E-state index contributed by atoms with van der Waals surface area (Å²) in [6.07, 6.45) is 3.97. The van der Waals surface area contributed by atoms with Gasteiger partial charge in [0.05, 0.1) is 18.2 Å². The van der Waals surface area contributed by atoms with Gasteiger partial charge in [0, 0.05) is 13.0 Å². The molecule has 7 nitrogen and oxygen atoms in total. The number of ether oxygens (including phenoxy) is 1. The second kappa shape index (κ2) is 5.05. The van der Waals surface area contributed by atoms with Crippen LogP contribution >= 0.6 is 0 Å². The molecule has 1 unspecified atom stereocenters. The van der Waals surface area contributed by atoms with E-state index in [0.717, 1.165) is 12.8 Å². The molecule has 2 heterocycles. The van der Waals surface area contributed by atoms with E-state index in [2.05, 4.69) is 15.5 Å². The van der Waals surface area contributed by atoms with Gasteiger partial charge in [0.25, 0.3) is 0 Å². The van der Waals surface area contributed by atoms with Gasteiger partial charge in [-0.05, 0) is 26.2 Å². The molecular weight excluding hydrogens is 260 g/mol. The van der Waals surface area contributed by atoms with E-state index in [0.29, 0.717) is 25.3 Å². The van der Waals surface area contributed by atoms with Gasteiger partial charge in [-0.3, -0.25) is 5.32 Å². The largest absolute Gasteiger partial charge is 0.368 e. The van der Waals surface area contributed by atoms with Crippen LogP contribution in [0.25, 0.3) is 0 Å². The Kier molecular flexibility index (Phi) is 3.37. The number of aromatic nitrogens is 2. The Morgan fingerprint density at radius 1 is 1.55 bits per heavy atom. The minimum absolute atomic E-state index is 0.0590. The van der Waals surface area contributed by atoms with Crippen molar-refractivity contribution < 1.29 is 14.1 Å². The Hall–Kier alpha value is -1.63. The first kappa shape index (κ1) is 13.4. The van der Waals surface area contributed by atoms with Crippen molar-refractivity contribution in [3.63, 3.8) is 0 Å². The molecule has 2 fully saturated rings. The first-order chi connectivity index (χ1) is 9.60. The number of nitrogens with one attached hydrogen (secondary N) is 1. The van der Waals surface area contributed by atoms with Crippen molar-refractivity contribution in [2.75, 3.05) is 18.4 Å². The van der Waals surface area contributed by atoms with Crippen LogP contribution in [-0.4, -0.2) is 45.9 Å². The maximum absolute atomic E-state index is 12.3. The quantitative estimate of drug-likeness (QED) is 0.893. The smallest absolute Gasteiger partial charge is 0.329 e. The van der Waals surface area contributed by atoms with Gasteiger partial charge in [-0.15, -0.1) is 0 Å². The summed E-state index contributed by atoms with van der Waals surface area (Å²) in [5.41, 5.74) is -0.127. The van der Waals surface area contributed by atoms with Crippen LogP contribution in [0.3, 0.4) is 0 Å². The van der Waals surface area contributed by atoms with Crippen LogP contribution in [0, 0.1) is 0 Å². The lowest BCUT2D eigenvalue weighted by Crippen LogP contribution is -2.60. The molecule has 1 saturated carbocycles. The second-order valence-corrected chi connectivity index (χ2v) is 5.65. The van der Waals surface area contributed by atoms with Crippen molar-refractivity contribution in [2.45, 2.75) is 51.2 Å². The molecule has 3 rings (SSSR count). The van der Waals surface area contributed by atoms with Gasteiger partial charge in [0.2, 0.25) is 0 Å². The fourth-order valence-corrected chi connectivity index (χ4v) is 2.84. The molecule has 0 radical (unpaired) electrons. The highest BCUT2D eigenvalue weighted by atomic mass is 16.5. The predicted octanol–water partition coefficient (Wildman–Crippen LogP) is 1.81. The first-order valence-corrected chi connectivity index (χ1v) is 7.16. The standard InChI is InChI=1S/C13H20N4O3/c1-3-10-14-11(20-16-10)15-12(18)17-7-9(2)19-13(8-17)5-4-6-13/h9H,3-8H2,1-2H3,(H,14,15,16,18). The molecule has 7 heteroatoms. The van der Waals surface area contributed by atoms with Crippen molar-refractivity contribution in [3.8, 4) is 0 Å². The highest BCUT2D eigenvalue weighted by Crippen LogP contribution is 2.39. The van der Waals surface area contributed by atoms with Crippen molar-refractivity contribution in [3.05, 3.63) is 5.82 Å². The summed E-state index contributed by atoms with van der Waals surface area (Å²) in [4.78, 5) is 18.1. The molecule has 1 aliphatic heterocycles. The van der Waals surface area contributed by atoms with Gasteiger partial charge in [-0.1, -0.05) is 12.1 Å². The molecule has 0 bridgehead atoms. The zero-order valence-corrected chi connectivity index (χ0v) is 11.9. The summed E-state index contributed by atoms with van der Waals surface area (Å²) in [6.45, 7) is 5.15. The average Bonchev–Trinajstić information content (AvgIpc) is 2.84. The van der Waals surface area contributed by atoms with E-state index in [1.54, 1.807) is 4.90 Å². The van der Waals surface area contributed by atoms with Crippen LogP contribution < -0.4 is 5.32 Å². The number of amides is 2. The van der Waals surface area contributed by atoms with E-state index in [-0.39, 0.29) is 23.8 Å². The monoisotopic (exact) mass is 280 g/mol. The number of carbonyl (C=O) groups is 1. The molecule has 1 N–H and O–H groups in total. The zero-order valence-electron chi connectivity index (χ0n) is 11.9. The lowest BCUT2D eigenvalue weighted by Gasteiger charge is -2.50. The van der Waals surface area contributed by atoms with Crippen LogP contribution in [0.2, 0.25) is 0 Å². The van der Waals surface area contributed by atoms with E-state index in [1.165, 1.54) is 6.42 Å². The van der Waals surface area contributed by atoms with E-state index < -0.39 is 0 Å². The van der Waals surface area contributed by atoms with Crippen LogP contribution in [0.15, 0.2) is 4.52 Å². The average molecular weight is 280 g/mol. The van der Waals surface area contributed by atoms with Gasteiger partial charge in [-0.25, -0.2) is 4.79 Å². The summed E-state index contributed by atoms with van der Waals surface area (Å²) in [5.74, 6) is 0.589. The third-order valence-corrected chi connectivity index (χ3v) is 3.96. The zero-order chi connectivity index (χ0) is 14.2. The molecule has 1 aromatic rings. The Morgan fingerprint density at radius 3 is 2.95 bits per heavy atom. The fraction of sp³-hybridized carbons (Fsp3) is 0.769. The van der Waals surface area contributed by atoms with E-state index in [9.17, 15) is 4.79 Å². The molecule has 1 atom stereocenters. The van der Waals surface area contributed by atoms with Crippen LogP contribution in [-0.2, 0) is 11.2 Å². The van der Waals surface area contributed by atoms with Crippen molar-refractivity contribution in [2.24, 2.45) is 0 Å². The molecule has 2 aliphatic rings. The maximum atomic E-state index is 12.3. The molecular formula is C13H20N4O3. The lowest BCUT2D eigenvalue weighted by atomic mass is 9.78. The number of morpholine rings is 1. The highest BCUT2D eigenvalue weighted by Gasteiger charge is 2.45. The number of urea groups is 1. The Balaban J connectivity index is 1.64. The van der Waals surface area contributed by atoms with Gasteiger partial charge in [0.15, 0.2) is 5.82 Å². The second-order valence-electron chi connectivity index (χ2n) is 5.65. The summed E-state index contributed by atoms with van der Waals surface area (Å²) in [5, 5.41) is 6.42. The molecule has 1 spiro atoms. The van der Waals surface area contributed by atoms with Crippen LogP contribution in [0.5, 0.6) is 0 Å². The molecule has 0 aromatic carbocycles. The number of hydrogen-bond donors (Lipinski definition) is 1. The topological polar surface area (TPSA) is 80.5 Å². The van der Waals surface area contributed by atoms with Gasteiger partial charge < -0.3 is 14.2 Å². The van der Waals surface area contributed by atoms with Crippen LogP contribution in [0.1, 0.15) is 38.9 Å². The van der Waals surface area contributed by atoms with Crippen LogP contribution in [0.4, 0.5) is 10.8 Å². The lowest BCUT2D eigenvalue weighted by molar-refractivity contribution is -0.174. The SMILES string of the molecule is CCc1noc(NC(=O)N2CC(C)OC3(CCC3)C2)n1.